The number of nitrogens with zero attached hydrogens (tertiary/aromatic N) is 3. The summed E-state index contributed by atoms with van der Waals surface area (Å²) >= 11 is 6.52. The van der Waals surface area contributed by atoms with Gasteiger partial charge in [-0.1, -0.05) is 11.6 Å². The number of methoxy groups -OCH3 is 1. The van der Waals surface area contributed by atoms with Gasteiger partial charge in [-0.3, -0.25) is 0 Å². The van der Waals surface area contributed by atoms with Crippen molar-refractivity contribution in [3.8, 4) is 11.5 Å². The number of sulfonamides is 1. The molecule has 0 bridgehead atoms. The van der Waals surface area contributed by atoms with Crippen molar-refractivity contribution in [2.75, 3.05) is 37.3 Å². The number of hydrogen-bond donors (Lipinski definition) is 2. The van der Waals surface area contributed by atoms with Crippen LogP contribution in [0, 0.1) is 0 Å². The fraction of sp³-hybridized carbons (Fsp3) is 0.200. The lowest BCUT2D eigenvalue weighted by atomic mass is 10.2. The summed E-state index contributed by atoms with van der Waals surface area (Å²) in [7, 11) is -2.17. The number of benzene rings is 2. The number of ether oxygens (including phenoxy) is 3. The van der Waals surface area contributed by atoms with Crippen LogP contribution in [0.15, 0.2) is 53.6 Å². The largest absolute Gasteiger partial charge is 0.454 e. The second kappa shape index (κ2) is 9.17. The van der Waals surface area contributed by atoms with Crippen molar-refractivity contribution in [1.29, 1.82) is 0 Å². The van der Waals surface area contributed by atoms with Crippen LogP contribution in [-0.4, -0.2) is 45.4 Å². The van der Waals surface area contributed by atoms with E-state index < -0.39 is 10.0 Å². The first-order chi connectivity index (χ1) is 15.4. The molecule has 2 aromatic carbocycles. The van der Waals surface area contributed by atoms with Crippen molar-refractivity contribution in [1.82, 2.24) is 9.97 Å². The summed E-state index contributed by atoms with van der Waals surface area (Å²) in [6, 6.07) is 11.2. The lowest BCUT2D eigenvalue weighted by molar-refractivity contribution is 0.174. The molecule has 0 fully saturated rings. The molecule has 0 saturated heterocycles. The number of primary sulfonamides is 1. The summed E-state index contributed by atoms with van der Waals surface area (Å²) in [5.74, 6) is 1.97. The van der Waals surface area contributed by atoms with Crippen LogP contribution in [0.3, 0.4) is 0 Å². The van der Waals surface area contributed by atoms with Gasteiger partial charge in [0.1, 0.15) is 11.5 Å². The number of rotatable bonds is 8. The molecular formula is C20H20ClN5O5S. The second-order valence-corrected chi connectivity index (χ2v) is 8.68. The van der Waals surface area contributed by atoms with Gasteiger partial charge in [0.15, 0.2) is 11.5 Å². The Bertz CT molecular complexity index is 1220. The molecule has 0 aliphatic carbocycles. The Hall–Kier alpha value is -3.12. The molecule has 0 radical (unpaired) electrons. The van der Waals surface area contributed by atoms with Gasteiger partial charge in [-0.15, -0.1) is 0 Å². The number of hydrogen-bond acceptors (Lipinski definition) is 9. The monoisotopic (exact) mass is 477 g/mol. The van der Waals surface area contributed by atoms with E-state index in [0.29, 0.717) is 52.8 Å². The lowest BCUT2D eigenvalue weighted by Gasteiger charge is -2.26. The summed E-state index contributed by atoms with van der Waals surface area (Å²) in [5, 5.41) is 8.66. The zero-order chi connectivity index (χ0) is 22.7. The van der Waals surface area contributed by atoms with E-state index >= 15 is 0 Å². The van der Waals surface area contributed by atoms with Crippen molar-refractivity contribution in [3.05, 3.63) is 53.7 Å². The average molecular weight is 478 g/mol. The molecule has 3 N–H and O–H groups in total. The zero-order valence-corrected chi connectivity index (χ0v) is 18.6. The number of anilines is 4. The normalized spacial score (nSPS) is 12.6. The summed E-state index contributed by atoms with van der Waals surface area (Å²) in [6.07, 6.45) is 1.59. The Morgan fingerprint density at radius 3 is 2.69 bits per heavy atom. The van der Waals surface area contributed by atoms with Crippen molar-refractivity contribution in [3.63, 3.8) is 0 Å². The minimum atomic E-state index is -3.77. The van der Waals surface area contributed by atoms with E-state index in [4.69, 9.17) is 31.0 Å². The molecule has 0 amide bonds. The standard InChI is InChI=1S/C20H20ClN5O5S/c1-29-11-10-26(18-15(21)6-7-16-19(18)31-12-30-16)17-8-9-23-20(25-17)24-13-2-4-14(5-3-13)32(22,27)28/h2-9H,10-12H2,1H3,(H2,22,27,28)(H,23,24,25). The maximum atomic E-state index is 11.4. The van der Waals surface area contributed by atoms with Gasteiger partial charge in [0.2, 0.25) is 22.8 Å². The fourth-order valence-corrected chi connectivity index (χ4v) is 3.89. The highest BCUT2D eigenvalue weighted by atomic mass is 35.5. The maximum Gasteiger partial charge on any atom is 0.238 e. The molecule has 0 spiro atoms. The van der Waals surface area contributed by atoms with Crippen molar-refractivity contribution in [2.24, 2.45) is 5.14 Å². The molecule has 2 heterocycles. The van der Waals surface area contributed by atoms with Gasteiger partial charge in [-0.05, 0) is 42.5 Å². The van der Waals surface area contributed by atoms with Crippen molar-refractivity contribution in [2.45, 2.75) is 4.90 Å². The van der Waals surface area contributed by atoms with Gasteiger partial charge in [0.25, 0.3) is 0 Å². The third kappa shape index (κ3) is 4.70. The quantitative estimate of drug-likeness (QED) is 0.502. The number of fused-ring (bicyclic) bond motifs is 1. The molecule has 4 rings (SSSR count). The first-order valence-electron chi connectivity index (χ1n) is 9.44. The molecule has 1 aromatic heterocycles. The van der Waals surface area contributed by atoms with Crippen LogP contribution in [0.5, 0.6) is 11.5 Å². The molecule has 0 unspecified atom stereocenters. The van der Waals surface area contributed by atoms with Crippen LogP contribution < -0.4 is 24.8 Å². The van der Waals surface area contributed by atoms with E-state index in [9.17, 15) is 8.42 Å². The molecule has 1 aliphatic rings. The number of nitrogens with two attached hydrogens (primary N) is 1. The number of nitrogens with one attached hydrogen (secondary N) is 1. The third-order valence-corrected chi connectivity index (χ3v) is 5.84. The van der Waals surface area contributed by atoms with Gasteiger partial charge < -0.3 is 24.4 Å². The van der Waals surface area contributed by atoms with E-state index in [2.05, 4.69) is 15.3 Å². The van der Waals surface area contributed by atoms with Crippen LogP contribution >= 0.6 is 11.6 Å². The van der Waals surface area contributed by atoms with E-state index in [1.807, 2.05) is 4.90 Å². The first kappa shape index (κ1) is 22.1. The molecule has 32 heavy (non-hydrogen) atoms. The molecule has 168 valence electrons. The van der Waals surface area contributed by atoms with Crippen molar-refractivity contribution < 1.29 is 22.6 Å². The smallest absolute Gasteiger partial charge is 0.238 e. The minimum absolute atomic E-state index is 0.0123. The molecule has 12 heteroatoms. The predicted molar refractivity (Wildman–Crippen MR) is 120 cm³/mol. The fourth-order valence-electron chi connectivity index (χ4n) is 3.13. The Morgan fingerprint density at radius 1 is 1.19 bits per heavy atom. The third-order valence-electron chi connectivity index (χ3n) is 4.61. The highest BCUT2D eigenvalue weighted by molar-refractivity contribution is 7.89. The Kier molecular flexibility index (Phi) is 6.33. The topological polar surface area (TPSA) is 129 Å². The zero-order valence-electron chi connectivity index (χ0n) is 17.0. The van der Waals surface area contributed by atoms with Gasteiger partial charge in [-0.2, -0.15) is 4.98 Å². The molecular weight excluding hydrogens is 458 g/mol. The highest BCUT2D eigenvalue weighted by Crippen LogP contribution is 2.47. The summed E-state index contributed by atoms with van der Waals surface area (Å²) in [6.45, 7) is 0.948. The van der Waals surface area contributed by atoms with E-state index in [0.717, 1.165) is 0 Å². The van der Waals surface area contributed by atoms with Crippen LogP contribution in [0.25, 0.3) is 0 Å². The Morgan fingerprint density at radius 2 is 1.97 bits per heavy atom. The number of halogens is 1. The summed E-state index contributed by atoms with van der Waals surface area (Å²) < 4.78 is 39.3. The Labute approximate surface area is 189 Å². The SMILES string of the molecule is COCCN(c1ccnc(Nc2ccc(S(N)(=O)=O)cc2)n1)c1c(Cl)ccc2c1OCO2. The number of aromatic nitrogens is 2. The van der Waals surface area contributed by atoms with Gasteiger partial charge in [-0.25, -0.2) is 18.5 Å². The van der Waals surface area contributed by atoms with Crippen LogP contribution in [0.4, 0.5) is 23.1 Å². The average Bonchev–Trinajstić information content (AvgIpc) is 3.24. The first-order valence-corrected chi connectivity index (χ1v) is 11.4. The van der Waals surface area contributed by atoms with Gasteiger partial charge in [0.05, 0.1) is 16.5 Å². The lowest BCUT2D eigenvalue weighted by Crippen LogP contribution is -2.24. The summed E-state index contributed by atoms with van der Waals surface area (Å²) in [5.41, 5.74) is 1.20. The second-order valence-electron chi connectivity index (χ2n) is 6.71. The minimum Gasteiger partial charge on any atom is -0.454 e. The molecule has 3 aromatic rings. The molecule has 10 nitrogen and oxygen atoms in total. The maximum absolute atomic E-state index is 11.4. The van der Waals surface area contributed by atoms with Crippen LogP contribution in [0.2, 0.25) is 5.02 Å². The van der Waals surface area contributed by atoms with E-state index in [1.54, 1.807) is 43.6 Å². The molecule has 0 saturated carbocycles. The van der Waals surface area contributed by atoms with Gasteiger partial charge in [0, 0.05) is 25.5 Å². The van der Waals surface area contributed by atoms with E-state index in [1.165, 1.54) is 12.1 Å². The van der Waals surface area contributed by atoms with Crippen LogP contribution in [0.1, 0.15) is 0 Å². The molecule has 0 atom stereocenters. The van der Waals surface area contributed by atoms with E-state index in [-0.39, 0.29) is 11.7 Å². The Balaban J connectivity index is 1.66. The predicted octanol–water partition coefficient (Wildman–Crippen LogP) is 3.03. The summed E-state index contributed by atoms with van der Waals surface area (Å²) in [4.78, 5) is 10.7. The van der Waals surface area contributed by atoms with Crippen LogP contribution in [-0.2, 0) is 14.8 Å². The van der Waals surface area contributed by atoms with Gasteiger partial charge >= 0.3 is 0 Å². The van der Waals surface area contributed by atoms with Crippen molar-refractivity contribution >= 4 is 44.8 Å². The molecule has 1 aliphatic heterocycles. The highest BCUT2D eigenvalue weighted by Gasteiger charge is 2.26.